The van der Waals surface area contributed by atoms with Crippen molar-refractivity contribution in [3.8, 4) is 0 Å². The van der Waals surface area contributed by atoms with E-state index in [4.69, 9.17) is 0 Å². The Balaban J connectivity index is 2.99. The minimum absolute atomic E-state index is 0.130. The molecule has 1 rings (SSSR count). The van der Waals surface area contributed by atoms with Crippen LogP contribution in [-0.4, -0.2) is 30.2 Å². The standard InChI is InChI=1S/C12H17NOS/c1-4-13(5-2)12(14)10-8-6-7-9-11(10)15-3/h6-9H,4-5H2,1-3H3. The van der Waals surface area contributed by atoms with Crippen molar-refractivity contribution in [2.24, 2.45) is 0 Å². The van der Waals surface area contributed by atoms with Crippen molar-refractivity contribution in [1.82, 2.24) is 4.90 Å². The molecule has 1 amide bonds. The quantitative estimate of drug-likeness (QED) is 0.732. The Kier molecular flexibility index (Phi) is 4.69. The third kappa shape index (κ3) is 2.75. The largest absolute Gasteiger partial charge is 0.339 e. The van der Waals surface area contributed by atoms with Crippen LogP contribution in [-0.2, 0) is 0 Å². The zero-order valence-corrected chi connectivity index (χ0v) is 10.3. The Hall–Kier alpha value is -0.960. The van der Waals surface area contributed by atoms with Crippen LogP contribution in [0.2, 0.25) is 0 Å². The van der Waals surface area contributed by atoms with E-state index >= 15 is 0 Å². The molecule has 0 bridgehead atoms. The zero-order chi connectivity index (χ0) is 11.3. The molecule has 2 nitrogen and oxygen atoms in total. The Morgan fingerprint density at radius 1 is 1.27 bits per heavy atom. The van der Waals surface area contributed by atoms with Gasteiger partial charge in [-0.1, -0.05) is 12.1 Å². The number of hydrogen-bond acceptors (Lipinski definition) is 2. The van der Waals surface area contributed by atoms with E-state index < -0.39 is 0 Å². The van der Waals surface area contributed by atoms with Gasteiger partial charge < -0.3 is 4.90 Å². The highest BCUT2D eigenvalue weighted by Crippen LogP contribution is 2.21. The third-order valence-corrected chi connectivity index (χ3v) is 3.18. The molecular formula is C12H17NOS. The van der Waals surface area contributed by atoms with E-state index in [1.807, 2.05) is 49.3 Å². The van der Waals surface area contributed by atoms with Crippen LogP contribution in [0.3, 0.4) is 0 Å². The highest BCUT2D eigenvalue weighted by atomic mass is 32.2. The molecule has 0 aliphatic heterocycles. The lowest BCUT2D eigenvalue weighted by Gasteiger charge is -2.19. The van der Waals surface area contributed by atoms with Crippen molar-refractivity contribution in [1.29, 1.82) is 0 Å². The van der Waals surface area contributed by atoms with Gasteiger partial charge in [0.2, 0.25) is 0 Å². The van der Waals surface area contributed by atoms with Gasteiger partial charge in [-0.05, 0) is 32.2 Å². The van der Waals surface area contributed by atoms with Gasteiger partial charge in [0.15, 0.2) is 0 Å². The van der Waals surface area contributed by atoms with Crippen molar-refractivity contribution in [2.75, 3.05) is 19.3 Å². The lowest BCUT2D eigenvalue weighted by atomic mass is 10.2. The summed E-state index contributed by atoms with van der Waals surface area (Å²) in [5.41, 5.74) is 0.814. The van der Waals surface area contributed by atoms with E-state index in [2.05, 4.69) is 0 Å². The van der Waals surface area contributed by atoms with Gasteiger partial charge in [0.1, 0.15) is 0 Å². The second kappa shape index (κ2) is 5.81. The molecule has 0 radical (unpaired) electrons. The molecule has 0 spiro atoms. The van der Waals surface area contributed by atoms with Gasteiger partial charge >= 0.3 is 0 Å². The van der Waals surface area contributed by atoms with Crippen molar-refractivity contribution >= 4 is 17.7 Å². The van der Waals surface area contributed by atoms with E-state index in [0.29, 0.717) is 0 Å². The number of rotatable bonds is 4. The summed E-state index contributed by atoms with van der Waals surface area (Å²) in [4.78, 5) is 15.0. The monoisotopic (exact) mass is 223 g/mol. The van der Waals surface area contributed by atoms with Crippen LogP contribution >= 0.6 is 11.8 Å². The van der Waals surface area contributed by atoms with Crippen molar-refractivity contribution in [3.63, 3.8) is 0 Å². The third-order valence-electron chi connectivity index (χ3n) is 2.39. The molecule has 1 aromatic carbocycles. The lowest BCUT2D eigenvalue weighted by molar-refractivity contribution is 0.0769. The molecule has 0 heterocycles. The maximum absolute atomic E-state index is 12.1. The van der Waals surface area contributed by atoms with Crippen LogP contribution in [0, 0.1) is 0 Å². The van der Waals surface area contributed by atoms with Crippen molar-refractivity contribution in [2.45, 2.75) is 18.7 Å². The first kappa shape index (κ1) is 12.1. The highest BCUT2D eigenvalue weighted by molar-refractivity contribution is 7.98. The van der Waals surface area contributed by atoms with Crippen LogP contribution in [0.1, 0.15) is 24.2 Å². The molecule has 0 aliphatic rings. The number of nitrogens with zero attached hydrogens (tertiary/aromatic N) is 1. The number of amides is 1. The summed E-state index contributed by atoms with van der Waals surface area (Å²) >= 11 is 1.61. The molecule has 0 saturated carbocycles. The summed E-state index contributed by atoms with van der Waals surface area (Å²) in [6, 6.07) is 7.76. The van der Waals surface area contributed by atoms with E-state index in [9.17, 15) is 4.79 Å². The SMILES string of the molecule is CCN(CC)C(=O)c1ccccc1SC. The molecule has 0 fully saturated rings. The minimum Gasteiger partial charge on any atom is -0.339 e. The molecule has 0 aliphatic carbocycles. The Morgan fingerprint density at radius 2 is 1.87 bits per heavy atom. The van der Waals surface area contributed by atoms with Gasteiger partial charge in [0, 0.05) is 18.0 Å². The summed E-state index contributed by atoms with van der Waals surface area (Å²) in [6.45, 7) is 5.53. The molecular weight excluding hydrogens is 206 g/mol. The second-order valence-corrected chi connectivity index (χ2v) is 4.03. The summed E-state index contributed by atoms with van der Waals surface area (Å²) in [7, 11) is 0. The lowest BCUT2D eigenvalue weighted by Crippen LogP contribution is -2.30. The van der Waals surface area contributed by atoms with E-state index in [0.717, 1.165) is 23.5 Å². The van der Waals surface area contributed by atoms with Crippen molar-refractivity contribution < 1.29 is 4.79 Å². The molecule has 82 valence electrons. The van der Waals surface area contributed by atoms with Gasteiger partial charge in [0.05, 0.1) is 5.56 Å². The summed E-state index contributed by atoms with van der Waals surface area (Å²) in [5, 5.41) is 0. The number of carbonyl (C=O) groups excluding carboxylic acids is 1. The molecule has 0 N–H and O–H groups in total. The van der Waals surface area contributed by atoms with Crippen LogP contribution in [0.15, 0.2) is 29.2 Å². The number of benzene rings is 1. The zero-order valence-electron chi connectivity index (χ0n) is 9.49. The topological polar surface area (TPSA) is 20.3 Å². The first-order valence-corrected chi connectivity index (χ1v) is 6.39. The summed E-state index contributed by atoms with van der Waals surface area (Å²) < 4.78 is 0. The average Bonchev–Trinajstić information content (AvgIpc) is 2.30. The predicted molar refractivity (Wildman–Crippen MR) is 65.5 cm³/mol. The van der Waals surface area contributed by atoms with Crippen LogP contribution in [0.25, 0.3) is 0 Å². The number of thioether (sulfide) groups is 1. The molecule has 0 saturated heterocycles. The van der Waals surface area contributed by atoms with E-state index in [-0.39, 0.29) is 5.91 Å². The molecule has 3 heteroatoms. The number of carbonyl (C=O) groups is 1. The molecule has 0 unspecified atom stereocenters. The fourth-order valence-electron chi connectivity index (χ4n) is 1.50. The predicted octanol–water partition coefficient (Wildman–Crippen LogP) is 2.89. The van der Waals surface area contributed by atoms with Crippen molar-refractivity contribution in [3.05, 3.63) is 29.8 Å². The maximum atomic E-state index is 12.1. The van der Waals surface area contributed by atoms with Crippen LogP contribution < -0.4 is 0 Å². The molecule has 1 aromatic rings. The minimum atomic E-state index is 0.130. The first-order valence-electron chi connectivity index (χ1n) is 5.16. The second-order valence-electron chi connectivity index (χ2n) is 3.18. The fraction of sp³-hybridized carbons (Fsp3) is 0.417. The fourth-order valence-corrected chi connectivity index (χ4v) is 2.09. The molecule has 0 aromatic heterocycles. The smallest absolute Gasteiger partial charge is 0.254 e. The Bertz CT molecular complexity index is 334. The molecule has 15 heavy (non-hydrogen) atoms. The van der Waals surface area contributed by atoms with Gasteiger partial charge in [0.25, 0.3) is 5.91 Å². The maximum Gasteiger partial charge on any atom is 0.254 e. The Morgan fingerprint density at radius 3 is 2.40 bits per heavy atom. The Labute approximate surface area is 95.7 Å². The summed E-state index contributed by atoms with van der Waals surface area (Å²) in [5.74, 6) is 0.130. The van der Waals surface area contributed by atoms with E-state index in [1.165, 1.54) is 0 Å². The van der Waals surface area contributed by atoms with Gasteiger partial charge in [-0.2, -0.15) is 0 Å². The van der Waals surface area contributed by atoms with Crippen LogP contribution in [0.5, 0.6) is 0 Å². The van der Waals surface area contributed by atoms with Crippen LogP contribution in [0.4, 0.5) is 0 Å². The molecule has 0 atom stereocenters. The average molecular weight is 223 g/mol. The highest BCUT2D eigenvalue weighted by Gasteiger charge is 2.14. The van der Waals surface area contributed by atoms with Gasteiger partial charge in [-0.15, -0.1) is 11.8 Å². The number of hydrogen-bond donors (Lipinski definition) is 0. The first-order chi connectivity index (χ1) is 7.24. The summed E-state index contributed by atoms with van der Waals surface area (Å²) in [6.07, 6.45) is 1.99. The normalized spacial score (nSPS) is 10.1. The van der Waals surface area contributed by atoms with Gasteiger partial charge in [-0.3, -0.25) is 4.79 Å². The van der Waals surface area contributed by atoms with Gasteiger partial charge in [-0.25, -0.2) is 0 Å². The van der Waals surface area contributed by atoms with E-state index in [1.54, 1.807) is 11.8 Å².